The van der Waals surface area contributed by atoms with Crippen molar-refractivity contribution in [3.63, 3.8) is 0 Å². The zero-order valence-corrected chi connectivity index (χ0v) is 11.5. The Morgan fingerprint density at radius 2 is 2.35 bits per heavy atom. The van der Waals surface area contributed by atoms with E-state index < -0.39 is 10.7 Å². The Labute approximate surface area is 116 Å². The number of likely N-dealkylation sites (N-methyl/N-ethyl adjacent to an activating group) is 1. The average molecular weight is 283 g/mol. The molecule has 1 saturated heterocycles. The smallest absolute Gasteiger partial charge is 0.272 e. The SMILES string of the molecule is CC(Nc1ccc([N+](=O)[O-])cc1F)C1CN(C)CCO1. The van der Waals surface area contributed by atoms with Crippen LogP contribution in [0.25, 0.3) is 0 Å². The third-order valence-corrected chi connectivity index (χ3v) is 3.40. The van der Waals surface area contributed by atoms with E-state index in [2.05, 4.69) is 10.2 Å². The molecule has 0 amide bonds. The molecule has 20 heavy (non-hydrogen) atoms. The molecule has 2 unspecified atom stereocenters. The summed E-state index contributed by atoms with van der Waals surface area (Å²) in [6.45, 7) is 4.21. The van der Waals surface area contributed by atoms with E-state index in [0.717, 1.165) is 19.2 Å². The van der Waals surface area contributed by atoms with E-state index in [9.17, 15) is 14.5 Å². The summed E-state index contributed by atoms with van der Waals surface area (Å²) >= 11 is 0. The summed E-state index contributed by atoms with van der Waals surface area (Å²) in [4.78, 5) is 12.1. The van der Waals surface area contributed by atoms with Gasteiger partial charge in [0.25, 0.3) is 5.69 Å². The quantitative estimate of drug-likeness (QED) is 0.675. The van der Waals surface area contributed by atoms with E-state index in [4.69, 9.17) is 4.74 Å². The molecule has 2 atom stereocenters. The van der Waals surface area contributed by atoms with Crippen molar-refractivity contribution in [3.8, 4) is 0 Å². The Morgan fingerprint density at radius 1 is 1.60 bits per heavy atom. The highest BCUT2D eigenvalue weighted by atomic mass is 19.1. The third kappa shape index (κ3) is 3.43. The molecule has 110 valence electrons. The van der Waals surface area contributed by atoms with Gasteiger partial charge in [0.05, 0.1) is 35.4 Å². The van der Waals surface area contributed by atoms with Crippen LogP contribution in [0, 0.1) is 15.9 Å². The summed E-state index contributed by atoms with van der Waals surface area (Å²) in [6, 6.07) is 3.50. The lowest BCUT2D eigenvalue weighted by Crippen LogP contribution is -2.47. The fourth-order valence-electron chi connectivity index (χ4n) is 2.19. The summed E-state index contributed by atoms with van der Waals surface area (Å²) < 4.78 is 19.4. The third-order valence-electron chi connectivity index (χ3n) is 3.40. The maximum atomic E-state index is 13.8. The molecule has 1 fully saturated rings. The lowest BCUT2D eigenvalue weighted by molar-refractivity contribution is -0.385. The molecule has 1 aliphatic heterocycles. The Balaban J connectivity index is 2.03. The molecule has 0 saturated carbocycles. The molecule has 0 bridgehead atoms. The number of non-ortho nitro benzene ring substituents is 1. The number of nitro benzene ring substituents is 1. The first-order valence-electron chi connectivity index (χ1n) is 6.48. The second-order valence-corrected chi connectivity index (χ2v) is 5.03. The molecule has 1 aromatic carbocycles. The van der Waals surface area contributed by atoms with Crippen LogP contribution in [0.2, 0.25) is 0 Å². The van der Waals surface area contributed by atoms with Crippen molar-refractivity contribution in [1.29, 1.82) is 0 Å². The molecular formula is C13H18FN3O3. The topological polar surface area (TPSA) is 67.6 Å². The number of anilines is 1. The van der Waals surface area contributed by atoms with E-state index >= 15 is 0 Å². The number of benzene rings is 1. The first kappa shape index (κ1) is 14.7. The Hall–Kier alpha value is -1.73. The van der Waals surface area contributed by atoms with E-state index in [1.54, 1.807) is 0 Å². The predicted octanol–water partition coefficient (Wildman–Crippen LogP) is 1.86. The van der Waals surface area contributed by atoms with Gasteiger partial charge in [0.1, 0.15) is 0 Å². The molecule has 1 heterocycles. The van der Waals surface area contributed by atoms with Gasteiger partial charge in [-0.3, -0.25) is 10.1 Å². The monoisotopic (exact) mass is 283 g/mol. The molecule has 1 aromatic rings. The minimum atomic E-state index is -0.629. The number of morpholine rings is 1. The second kappa shape index (κ2) is 6.15. The molecule has 2 rings (SSSR count). The highest BCUT2D eigenvalue weighted by Gasteiger charge is 2.24. The standard InChI is InChI=1S/C13H18FN3O3/c1-9(13-8-16(2)5-6-20-13)15-12-4-3-10(17(18)19)7-11(12)14/h3-4,7,9,13,15H,5-6,8H2,1-2H3. The van der Waals surface area contributed by atoms with Crippen molar-refractivity contribution in [2.45, 2.75) is 19.1 Å². The van der Waals surface area contributed by atoms with Crippen molar-refractivity contribution in [1.82, 2.24) is 4.90 Å². The predicted molar refractivity (Wildman–Crippen MR) is 73.4 cm³/mol. The van der Waals surface area contributed by atoms with Crippen LogP contribution in [0.5, 0.6) is 0 Å². The molecule has 0 radical (unpaired) electrons. The van der Waals surface area contributed by atoms with Crippen LogP contribution in [-0.2, 0) is 4.74 Å². The van der Waals surface area contributed by atoms with Gasteiger partial charge in [-0.15, -0.1) is 0 Å². The first-order chi connectivity index (χ1) is 9.47. The van der Waals surface area contributed by atoms with Crippen molar-refractivity contribution >= 4 is 11.4 Å². The van der Waals surface area contributed by atoms with E-state index in [1.165, 1.54) is 12.1 Å². The fraction of sp³-hybridized carbons (Fsp3) is 0.538. The minimum absolute atomic E-state index is 0.0386. The highest BCUT2D eigenvalue weighted by Crippen LogP contribution is 2.22. The van der Waals surface area contributed by atoms with Crippen LogP contribution < -0.4 is 5.32 Å². The van der Waals surface area contributed by atoms with E-state index in [-0.39, 0.29) is 23.5 Å². The van der Waals surface area contributed by atoms with Crippen LogP contribution in [-0.4, -0.2) is 48.7 Å². The van der Waals surface area contributed by atoms with Gasteiger partial charge in [-0.2, -0.15) is 0 Å². The minimum Gasteiger partial charge on any atom is -0.378 e. The number of nitro groups is 1. The van der Waals surface area contributed by atoms with Crippen molar-refractivity contribution in [2.24, 2.45) is 0 Å². The van der Waals surface area contributed by atoms with Crippen LogP contribution in [0.1, 0.15) is 6.92 Å². The molecule has 1 aliphatic rings. The Morgan fingerprint density at radius 3 is 2.95 bits per heavy atom. The molecule has 0 aromatic heterocycles. The van der Waals surface area contributed by atoms with Crippen LogP contribution in [0.3, 0.4) is 0 Å². The van der Waals surface area contributed by atoms with Gasteiger partial charge in [0.15, 0.2) is 5.82 Å². The van der Waals surface area contributed by atoms with Gasteiger partial charge >= 0.3 is 0 Å². The number of halogens is 1. The molecule has 0 spiro atoms. The zero-order valence-electron chi connectivity index (χ0n) is 11.5. The van der Waals surface area contributed by atoms with Crippen LogP contribution >= 0.6 is 0 Å². The zero-order chi connectivity index (χ0) is 14.7. The van der Waals surface area contributed by atoms with E-state index in [0.29, 0.717) is 6.61 Å². The first-order valence-corrected chi connectivity index (χ1v) is 6.48. The summed E-state index contributed by atoms with van der Waals surface area (Å²) in [7, 11) is 2.01. The fourth-order valence-corrected chi connectivity index (χ4v) is 2.19. The number of rotatable bonds is 4. The summed E-state index contributed by atoms with van der Waals surface area (Å²) in [5, 5.41) is 13.6. The summed E-state index contributed by atoms with van der Waals surface area (Å²) in [6.07, 6.45) is -0.0386. The van der Waals surface area contributed by atoms with Gasteiger partial charge in [-0.05, 0) is 20.0 Å². The van der Waals surface area contributed by atoms with Gasteiger partial charge in [0.2, 0.25) is 0 Å². The molecule has 7 heteroatoms. The average Bonchev–Trinajstić information content (AvgIpc) is 2.40. The number of ether oxygens (including phenoxy) is 1. The van der Waals surface area contributed by atoms with Crippen molar-refractivity contribution < 1.29 is 14.1 Å². The normalized spacial score (nSPS) is 21.4. The lowest BCUT2D eigenvalue weighted by atomic mass is 10.1. The van der Waals surface area contributed by atoms with Crippen LogP contribution in [0.4, 0.5) is 15.8 Å². The molecule has 1 N–H and O–H groups in total. The number of hydrogen-bond acceptors (Lipinski definition) is 5. The Kier molecular flexibility index (Phi) is 4.51. The van der Waals surface area contributed by atoms with Gasteiger partial charge in [-0.25, -0.2) is 4.39 Å². The number of nitrogens with one attached hydrogen (secondary N) is 1. The molecular weight excluding hydrogens is 265 g/mol. The summed E-state index contributed by atoms with van der Waals surface area (Å²) in [5.41, 5.74) is -0.00530. The molecule has 6 nitrogen and oxygen atoms in total. The highest BCUT2D eigenvalue weighted by molar-refractivity contribution is 5.50. The number of nitrogens with zero attached hydrogens (tertiary/aromatic N) is 2. The van der Waals surface area contributed by atoms with Crippen LogP contribution in [0.15, 0.2) is 18.2 Å². The largest absolute Gasteiger partial charge is 0.378 e. The van der Waals surface area contributed by atoms with Crippen molar-refractivity contribution in [2.75, 3.05) is 32.1 Å². The maximum Gasteiger partial charge on any atom is 0.272 e. The summed E-state index contributed by atoms with van der Waals surface area (Å²) in [5.74, 6) is -0.629. The van der Waals surface area contributed by atoms with Gasteiger partial charge < -0.3 is 15.0 Å². The van der Waals surface area contributed by atoms with Gasteiger partial charge in [0, 0.05) is 19.2 Å². The maximum absolute atomic E-state index is 13.8. The lowest BCUT2D eigenvalue weighted by Gasteiger charge is -2.34. The molecule has 0 aliphatic carbocycles. The number of hydrogen-bond donors (Lipinski definition) is 1. The van der Waals surface area contributed by atoms with Crippen molar-refractivity contribution in [3.05, 3.63) is 34.1 Å². The van der Waals surface area contributed by atoms with Gasteiger partial charge in [-0.1, -0.05) is 0 Å². The Bertz CT molecular complexity index is 498. The van der Waals surface area contributed by atoms with E-state index in [1.807, 2.05) is 14.0 Å². The second-order valence-electron chi connectivity index (χ2n) is 5.03.